The van der Waals surface area contributed by atoms with Crippen molar-refractivity contribution >= 4 is 68.2 Å². The third-order valence-electron chi connectivity index (χ3n) is 4.50. The Morgan fingerprint density at radius 2 is 1.69 bits per heavy atom. The molecule has 0 fully saturated rings. The summed E-state index contributed by atoms with van der Waals surface area (Å²) in [6, 6.07) is 9.19. The Kier molecular flexibility index (Phi) is 8.85. The number of hydrogen-bond acceptors (Lipinski definition) is 8. The quantitative estimate of drug-likeness (QED) is 0.353. The Hall–Kier alpha value is -3.25. The molecule has 1 heterocycles. The number of esters is 1. The number of rotatable bonds is 9. The molecule has 10 nitrogen and oxygen atoms in total. The number of pyridine rings is 1. The maximum absolute atomic E-state index is 12.9. The van der Waals surface area contributed by atoms with Crippen molar-refractivity contribution < 1.29 is 32.2 Å². The zero-order valence-electron chi connectivity index (χ0n) is 18.7. The third kappa shape index (κ3) is 6.70. The second-order valence-corrected chi connectivity index (χ2v) is 9.86. The van der Waals surface area contributed by atoms with Crippen molar-refractivity contribution in [1.82, 2.24) is 4.98 Å². The number of benzene rings is 2. The predicted molar refractivity (Wildman–Crippen MR) is 135 cm³/mol. The molecule has 0 saturated carbocycles. The Bertz CT molecular complexity index is 1420. The van der Waals surface area contributed by atoms with Gasteiger partial charge in [0.1, 0.15) is 11.5 Å². The van der Waals surface area contributed by atoms with E-state index < -0.39 is 28.5 Å². The highest BCUT2D eigenvalue weighted by atomic mass is 35.5. The number of nitrogens with one attached hydrogen (secondary N) is 2. The van der Waals surface area contributed by atoms with Crippen LogP contribution in [0.2, 0.25) is 15.1 Å². The lowest BCUT2D eigenvalue weighted by Gasteiger charge is -2.14. The number of anilines is 2. The van der Waals surface area contributed by atoms with E-state index in [9.17, 15) is 18.0 Å². The summed E-state index contributed by atoms with van der Waals surface area (Å²) in [5.41, 5.74) is -0.0459. The van der Waals surface area contributed by atoms with Gasteiger partial charge in [-0.25, -0.2) is 18.2 Å². The van der Waals surface area contributed by atoms with Crippen molar-refractivity contribution in [2.45, 2.75) is 4.90 Å². The van der Waals surface area contributed by atoms with Crippen LogP contribution in [0.25, 0.3) is 0 Å². The van der Waals surface area contributed by atoms with E-state index in [2.05, 4.69) is 15.0 Å². The van der Waals surface area contributed by atoms with Crippen molar-refractivity contribution in [2.24, 2.45) is 0 Å². The fourth-order valence-corrected chi connectivity index (χ4v) is 4.60. The molecular formula is C22H18Cl3N3O7S. The molecule has 0 radical (unpaired) electrons. The largest absolute Gasteiger partial charge is 0.495 e. The number of hydrogen-bond donors (Lipinski definition) is 2. The number of methoxy groups -OCH3 is 2. The molecule has 0 aliphatic carbocycles. The fraction of sp³-hybridized carbons (Fsp3) is 0.136. The van der Waals surface area contributed by atoms with Crippen molar-refractivity contribution in [3.05, 3.63) is 69.3 Å². The number of ether oxygens (including phenoxy) is 3. The molecule has 0 aliphatic rings. The molecule has 1 amide bonds. The monoisotopic (exact) mass is 573 g/mol. The molecule has 3 aromatic rings. The molecule has 0 unspecified atom stereocenters. The van der Waals surface area contributed by atoms with Crippen LogP contribution in [0.4, 0.5) is 11.5 Å². The molecule has 2 N–H and O–H groups in total. The first-order valence-corrected chi connectivity index (χ1v) is 12.5. The molecular weight excluding hydrogens is 557 g/mol. The van der Waals surface area contributed by atoms with Gasteiger partial charge >= 0.3 is 5.97 Å². The molecule has 2 aromatic carbocycles. The number of nitrogens with zero attached hydrogens (tertiary/aromatic N) is 1. The van der Waals surface area contributed by atoms with Crippen LogP contribution in [0.5, 0.6) is 11.5 Å². The lowest BCUT2D eigenvalue weighted by atomic mass is 10.2. The first-order chi connectivity index (χ1) is 17.0. The number of amides is 1. The van der Waals surface area contributed by atoms with Gasteiger partial charge in [0.15, 0.2) is 12.4 Å². The Labute approximate surface area is 221 Å². The number of carbonyl (C=O) groups excluding carboxylic acids is 2. The number of halogens is 3. The number of carbonyl (C=O) groups is 2. The summed E-state index contributed by atoms with van der Waals surface area (Å²) in [7, 11) is -1.41. The van der Waals surface area contributed by atoms with Gasteiger partial charge in [-0.1, -0.05) is 40.9 Å². The van der Waals surface area contributed by atoms with Crippen LogP contribution in [0, 0.1) is 0 Å². The van der Waals surface area contributed by atoms with E-state index in [1.165, 1.54) is 56.8 Å². The Morgan fingerprint density at radius 1 is 0.972 bits per heavy atom. The summed E-state index contributed by atoms with van der Waals surface area (Å²) >= 11 is 17.8. The van der Waals surface area contributed by atoms with Gasteiger partial charge in [-0.15, -0.1) is 0 Å². The number of sulfonamides is 1. The normalized spacial score (nSPS) is 10.9. The summed E-state index contributed by atoms with van der Waals surface area (Å²) in [6.07, 6.45) is 1.28. The molecule has 0 saturated heterocycles. The third-order valence-corrected chi connectivity index (χ3v) is 6.65. The van der Waals surface area contributed by atoms with Gasteiger partial charge in [0.25, 0.3) is 15.9 Å². The van der Waals surface area contributed by atoms with Crippen LogP contribution < -0.4 is 19.5 Å². The average Bonchev–Trinajstić information content (AvgIpc) is 2.84. The summed E-state index contributed by atoms with van der Waals surface area (Å²) < 4.78 is 43.5. The van der Waals surface area contributed by atoms with E-state index in [1.807, 2.05) is 0 Å². The maximum Gasteiger partial charge on any atom is 0.338 e. The van der Waals surface area contributed by atoms with Gasteiger partial charge in [-0.05, 0) is 30.3 Å². The van der Waals surface area contributed by atoms with E-state index in [4.69, 9.17) is 49.0 Å². The highest BCUT2D eigenvalue weighted by molar-refractivity contribution is 7.92. The molecule has 14 heteroatoms. The first-order valence-electron chi connectivity index (χ1n) is 9.86. The van der Waals surface area contributed by atoms with Crippen LogP contribution in [0.3, 0.4) is 0 Å². The molecule has 190 valence electrons. The SMILES string of the molecule is COc1cc(OC)c(NS(=O)(=O)c2cccc(C(=O)OCC(=O)Nc3ncc(Cl)cc3Cl)c2)cc1Cl. The average molecular weight is 575 g/mol. The summed E-state index contributed by atoms with van der Waals surface area (Å²) in [5.74, 6) is -1.15. The van der Waals surface area contributed by atoms with Gasteiger partial charge in [-0.3, -0.25) is 9.52 Å². The highest BCUT2D eigenvalue weighted by Crippen LogP contribution is 2.37. The maximum atomic E-state index is 12.9. The van der Waals surface area contributed by atoms with E-state index >= 15 is 0 Å². The lowest BCUT2D eigenvalue weighted by molar-refractivity contribution is -0.119. The van der Waals surface area contributed by atoms with Crippen LogP contribution >= 0.6 is 34.8 Å². The molecule has 36 heavy (non-hydrogen) atoms. The zero-order valence-corrected chi connectivity index (χ0v) is 21.8. The topological polar surface area (TPSA) is 133 Å². The van der Waals surface area contributed by atoms with Gasteiger partial charge in [0.05, 0.1) is 45.4 Å². The summed E-state index contributed by atoms with van der Waals surface area (Å²) in [6.45, 7) is -0.670. The molecule has 1 aromatic heterocycles. The van der Waals surface area contributed by atoms with Crippen LogP contribution in [0.15, 0.2) is 53.6 Å². The minimum atomic E-state index is -4.17. The second kappa shape index (κ2) is 11.7. The minimum absolute atomic E-state index is 0.0374. The molecule has 3 rings (SSSR count). The molecule has 0 bridgehead atoms. The van der Waals surface area contributed by atoms with Gasteiger partial charge in [0.2, 0.25) is 0 Å². The van der Waals surface area contributed by atoms with Gasteiger partial charge in [0, 0.05) is 12.3 Å². The van der Waals surface area contributed by atoms with Crippen molar-refractivity contribution in [1.29, 1.82) is 0 Å². The van der Waals surface area contributed by atoms with E-state index in [-0.39, 0.29) is 42.8 Å². The minimum Gasteiger partial charge on any atom is -0.495 e. The zero-order chi connectivity index (χ0) is 26.5. The Balaban J connectivity index is 1.71. The first kappa shape index (κ1) is 27.3. The second-order valence-electron chi connectivity index (χ2n) is 6.93. The lowest BCUT2D eigenvalue weighted by Crippen LogP contribution is -2.22. The van der Waals surface area contributed by atoms with E-state index in [1.54, 1.807) is 0 Å². The molecule has 0 spiro atoms. The smallest absolute Gasteiger partial charge is 0.338 e. The van der Waals surface area contributed by atoms with Crippen molar-refractivity contribution in [3.63, 3.8) is 0 Å². The molecule has 0 atom stereocenters. The fourth-order valence-electron chi connectivity index (χ4n) is 2.82. The predicted octanol–water partition coefficient (Wildman–Crippen LogP) is 4.66. The van der Waals surface area contributed by atoms with Crippen molar-refractivity contribution in [3.8, 4) is 11.5 Å². The van der Waals surface area contributed by atoms with Crippen LogP contribution in [-0.2, 0) is 19.6 Å². The van der Waals surface area contributed by atoms with Gasteiger partial charge < -0.3 is 19.5 Å². The highest BCUT2D eigenvalue weighted by Gasteiger charge is 2.21. The van der Waals surface area contributed by atoms with Crippen LogP contribution in [-0.4, -0.2) is 46.1 Å². The Morgan fingerprint density at radius 3 is 2.36 bits per heavy atom. The van der Waals surface area contributed by atoms with Gasteiger partial charge in [-0.2, -0.15) is 0 Å². The van der Waals surface area contributed by atoms with E-state index in [0.717, 1.165) is 6.07 Å². The summed E-state index contributed by atoms with van der Waals surface area (Å²) in [4.78, 5) is 28.2. The van der Waals surface area contributed by atoms with Crippen LogP contribution in [0.1, 0.15) is 10.4 Å². The van der Waals surface area contributed by atoms with E-state index in [0.29, 0.717) is 5.75 Å². The van der Waals surface area contributed by atoms with Crippen molar-refractivity contribution in [2.75, 3.05) is 30.9 Å². The standard InChI is InChI=1S/C22H18Cl3N3O7S/c1-33-18-9-19(34-2)17(8-15(18)24)28-36(31,32)14-5-3-4-12(6-14)22(30)35-11-20(29)27-21-16(25)7-13(23)10-26-21/h3-10,28H,11H2,1-2H3,(H,26,27,29). The summed E-state index contributed by atoms with van der Waals surface area (Å²) in [5, 5.41) is 2.91. The number of aromatic nitrogens is 1. The molecule has 0 aliphatic heterocycles.